The predicted molar refractivity (Wildman–Crippen MR) is 103 cm³/mol. The molecular formula is C18H27N3O5S. The Balaban J connectivity index is 1.85. The first-order valence-corrected chi connectivity index (χ1v) is 10.9. The molecule has 2 aliphatic heterocycles. The molecule has 0 atom stereocenters. The third kappa shape index (κ3) is 4.30. The van der Waals surface area contributed by atoms with E-state index in [2.05, 4.69) is 10.0 Å². The summed E-state index contributed by atoms with van der Waals surface area (Å²) in [5.41, 5.74) is 0.882. The number of sulfonamides is 1. The molecule has 2 heterocycles. The Morgan fingerprint density at radius 3 is 2.41 bits per heavy atom. The minimum Gasteiger partial charge on any atom is -0.493 e. The molecule has 2 aliphatic rings. The molecule has 27 heavy (non-hydrogen) atoms. The first-order chi connectivity index (χ1) is 12.8. The van der Waals surface area contributed by atoms with Gasteiger partial charge < -0.3 is 19.7 Å². The fraction of sp³-hybridized carbons (Fsp3) is 0.611. The second-order valence-corrected chi connectivity index (χ2v) is 9.10. The molecule has 2 saturated heterocycles. The number of nitrogens with one attached hydrogen (secondary N) is 2. The van der Waals surface area contributed by atoms with E-state index in [0.29, 0.717) is 29.8 Å². The molecule has 0 saturated carbocycles. The van der Waals surface area contributed by atoms with E-state index in [1.165, 1.54) is 20.3 Å². The number of hydrogen-bond acceptors (Lipinski definition) is 6. The minimum absolute atomic E-state index is 0.131. The number of piperidine rings is 1. The van der Waals surface area contributed by atoms with Crippen LogP contribution in [-0.2, 0) is 10.0 Å². The van der Waals surface area contributed by atoms with Crippen LogP contribution < -0.4 is 19.5 Å². The minimum atomic E-state index is -3.53. The Hall–Kier alpha value is -2.00. The number of carbonyl (C=O) groups is 1. The van der Waals surface area contributed by atoms with Gasteiger partial charge in [0.1, 0.15) is 0 Å². The number of likely N-dealkylation sites (tertiary alicyclic amines) is 1. The lowest BCUT2D eigenvalue weighted by Crippen LogP contribution is -2.44. The van der Waals surface area contributed by atoms with E-state index in [1.807, 2.05) is 4.90 Å². The molecule has 2 N–H and O–H groups in total. The fourth-order valence-electron chi connectivity index (χ4n) is 3.95. The van der Waals surface area contributed by atoms with E-state index in [0.717, 1.165) is 38.6 Å². The first kappa shape index (κ1) is 19.8. The zero-order valence-corrected chi connectivity index (χ0v) is 16.8. The molecule has 0 aromatic heterocycles. The number of nitrogens with zero attached hydrogens (tertiary/aromatic N) is 1. The average Bonchev–Trinajstić information content (AvgIpc) is 3.07. The first-order valence-electron chi connectivity index (χ1n) is 9.01. The van der Waals surface area contributed by atoms with Crippen molar-refractivity contribution < 1.29 is 22.7 Å². The normalized spacial score (nSPS) is 19.1. The number of anilines is 1. The SMILES string of the molecule is COc1cc(C(=O)N2CCC3(CCNC3)CC2)cc(NS(C)(=O)=O)c1OC. The van der Waals surface area contributed by atoms with Crippen LogP contribution in [0.15, 0.2) is 12.1 Å². The van der Waals surface area contributed by atoms with Crippen molar-refractivity contribution in [2.75, 3.05) is 51.4 Å². The summed E-state index contributed by atoms with van der Waals surface area (Å²) in [6.07, 6.45) is 4.17. The van der Waals surface area contributed by atoms with Crippen LogP contribution in [0.2, 0.25) is 0 Å². The van der Waals surface area contributed by atoms with Gasteiger partial charge in [-0.3, -0.25) is 9.52 Å². The molecule has 8 nitrogen and oxygen atoms in total. The zero-order chi connectivity index (χ0) is 19.7. The van der Waals surface area contributed by atoms with Crippen LogP contribution in [0.4, 0.5) is 5.69 Å². The molecule has 3 rings (SSSR count). The number of amides is 1. The molecule has 0 radical (unpaired) electrons. The highest BCUT2D eigenvalue weighted by molar-refractivity contribution is 7.92. The van der Waals surface area contributed by atoms with Crippen molar-refractivity contribution in [1.29, 1.82) is 0 Å². The van der Waals surface area contributed by atoms with E-state index >= 15 is 0 Å². The lowest BCUT2D eigenvalue weighted by molar-refractivity contribution is 0.0607. The maximum absolute atomic E-state index is 13.0. The van der Waals surface area contributed by atoms with Gasteiger partial charge in [-0.1, -0.05) is 0 Å². The topological polar surface area (TPSA) is 97.0 Å². The van der Waals surface area contributed by atoms with Gasteiger partial charge in [-0.25, -0.2) is 8.42 Å². The third-order valence-corrected chi connectivity index (χ3v) is 6.06. The van der Waals surface area contributed by atoms with Crippen LogP contribution in [0.1, 0.15) is 29.6 Å². The van der Waals surface area contributed by atoms with Crippen molar-refractivity contribution in [2.45, 2.75) is 19.3 Å². The molecule has 9 heteroatoms. The molecule has 0 aliphatic carbocycles. The number of benzene rings is 1. The molecule has 1 aromatic rings. The Morgan fingerprint density at radius 1 is 1.19 bits per heavy atom. The summed E-state index contributed by atoms with van der Waals surface area (Å²) in [6, 6.07) is 3.10. The van der Waals surface area contributed by atoms with Crippen molar-refractivity contribution in [1.82, 2.24) is 10.2 Å². The predicted octanol–water partition coefficient (Wildman–Crippen LogP) is 1.29. The summed E-state index contributed by atoms with van der Waals surface area (Å²) in [5.74, 6) is 0.422. The van der Waals surface area contributed by atoms with Gasteiger partial charge in [-0.2, -0.15) is 0 Å². The standard InChI is InChI=1S/C18H27N3O5S/c1-25-15-11-13(10-14(16(15)26-2)20-27(3,23)24)17(22)21-8-5-18(6-9-21)4-7-19-12-18/h10-11,19-20H,4-9,12H2,1-3H3. The molecule has 1 amide bonds. The van der Waals surface area contributed by atoms with Crippen LogP contribution >= 0.6 is 0 Å². The maximum atomic E-state index is 13.0. The van der Waals surface area contributed by atoms with Crippen LogP contribution in [0.25, 0.3) is 0 Å². The van der Waals surface area contributed by atoms with Crippen LogP contribution in [-0.4, -0.2) is 65.9 Å². The summed E-state index contributed by atoms with van der Waals surface area (Å²) in [4.78, 5) is 14.9. The van der Waals surface area contributed by atoms with Crippen LogP contribution in [0.3, 0.4) is 0 Å². The summed E-state index contributed by atoms with van der Waals surface area (Å²) in [6.45, 7) is 3.46. The number of ether oxygens (including phenoxy) is 2. The van der Waals surface area contributed by atoms with Gasteiger partial charge in [0, 0.05) is 25.2 Å². The molecule has 2 fully saturated rings. The Bertz CT molecular complexity index is 809. The van der Waals surface area contributed by atoms with E-state index < -0.39 is 10.0 Å². The highest BCUT2D eigenvalue weighted by Gasteiger charge is 2.38. The number of hydrogen-bond donors (Lipinski definition) is 2. The number of rotatable bonds is 5. The molecule has 150 valence electrons. The van der Waals surface area contributed by atoms with Gasteiger partial charge in [-0.05, 0) is 43.4 Å². The molecule has 0 unspecified atom stereocenters. The van der Waals surface area contributed by atoms with Crippen LogP contribution in [0, 0.1) is 5.41 Å². The number of methoxy groups -OCH3 is 2. The average molecular weight is 397 g/mol. The van der Waals surface area contributed by atoms with E-state index in [-0.39, 0.29) is 17.3 Å². The third-order valence-electron chi connectivity index (χ3n) is 5.46. The monoisotopic (exact) mass is 397 g/mol. The summed E-state index contributed by atoms with van der Waals surface area (Å²) < 4.78 is 36.4. The van der Waals surface area contributed by atoms with Crippen LogP contribution in [0.5, 0.6) is 11.5 Å². The van der Waals surface area contributed by atoms with Crippen molar-refractivity contribution in [3.63, 3.8) is 0 Å². The second-order valence-electron chi connectivity index (χ2n) is 7.35. The molecule has 0 bridgehead atoms. The lowest BCUT2D eigenvalue weighted by Gasteiger charge is -2.39. The maximum Gasteiger partial charge on any atom is 0.254 e. The van der Waals surface area contributed by atoms with Gasteiger partial charge in [0.25, 0.3) is 5.91 Å². The van der Waals surface area contributed by atoms with Gasteiger partial charge in [-0.15, -0.1) is 0 Å². The van der Waals surface area contributed by atoms with Crippen molar-refractivity contribution in [2.24, 2.45) is 5.41 Å². The van der Waals surface area contributed by atoms with Gasteiger partial charge in [0.05, 0.1) is 26.2 Å². The highest BCUT2D eigenvalue weighted by atomic mass is 32.2. The quantitative estimate of drug-likeness (QED) is 0.777. The summed E-state index contributed by atoms with van der Waals surface area (Å²) >= 11 is 0. The van der Waals surface area contributed by atoms with Gasteiger partial charge >= 0.3 is 0 Å². The summed E-state index contributed by atoms with van der Waals surface area (Å²) in [7, 11) is -0.659. The smallest absolute Gasteiger partial charge is 0.254 e. The Morgan fingerprint density at radius 2 is 1.89 bits per heavy atom. The molecular weight excluding hydrogens is 370 g/mol. The van der Waals surface area contributed by atoms with Gasteiger partial charge in [0.2, 0.25) is 10.0 Å². The van der Waals surface area contributed by atoms with Crippen molar-refractivity contribution >= 4 is 21.6 Å². The Labute approximate surface area is 160 Å². The van der Waals surface area contributed by atoms with E-state index in [1.54, 1.807) is 6.07 Å². The Kier molecular flexibility index (Phi) is 5.53. The van der Waals surface area contributed by atoms with Gasteiger partial charge in [0.15, 0.2) is 11.5 Å². The van der Waals surface area contributed by atoms with E-state index in [9.17, 15) is 13.2 Å². The number of carbonyl (C=O) groups excluding carboxylic acids is 1. The summed E-state index contributed by atoms with van der Waals surface area (Å²) in [5, 5.41) is 3.42. The molecule has 1 spiro atoms. The van der Waals surface area contributed by atoms with Crippen molar-refractivity contribution in [3.8, 4) is 11.5 Å². The zero-order valence-electron chi connectivity index (χ0n) is 16.0. The fourth-order valence-corrected chi connectivity index (χ4v) is 4.50. The second kappa shape index (κ2) is 7.55. The van der Waals surface area contributed by atoms with Crippen molar-refractivity contribution in [3.05, 3.63) is 17.7 Å². The molecule has 1 aromatic carbocycles. The largest absolute Gasteiger partial charge is 0.493 e. The lowest BCUT2D eigenvalue weighted by atomic mass is 9.78. The highest BCUT2D eigenvalue weighted by Crippen LogP contribution is 2.39. The van der Waals surface area contributed by atoms with E-state index in [4.69, 9.17) is 9.47 Å².